The lowest BCUT2D eigenvalue weighted by atomic mass is 9.97. The maximum atomic E-state index is 11.9. The molecule has 0 heterocycles. The molecule has 5 nitrogen and oxygen atoms in total. The molecule has 0 radical (unpaired) electrons. The minimum absolute atomic E-state index is 0.137. The summed E-state index contributed by atoms with van der Waals surface area (Å²) < 4.78 is 5.01. The van der Waals surface area contributed by atoms with Gasteiger partial charge in [0.25, 0.3) is 5.91 Å². The highest BCUT2D eigenvalue weighted by Gasteiger charge is 2.19. The van der Waals surface area contributed by atoms with Crippen LogP contribution in [-0.2, 0) is 4.79 Å². The molecule has 20 heavy (non-hydrogen) atoms. The second-order valence-corrected chi connectivity index (χ2v) is 5.10. The van der Waals surface area contributed by atoms with Crippen LogP contribution in [0.5, 0.6) is 5.75 Å². The minimum atomic E-state index is -0.881. The van der Waals surface area contributed by atoms with Crippen LogP contribution in [0, 0.1) is 11.8 Å². The van der Waals surface area contributed by atoms with Crippen molar-refractivity contribution in [1.29, 1.82) is 0 Å². The average molecular weight is 279 g/mol. The van der Waals surface area contributed by atoms with Crippen LogP contribution in [-0.4, -0.2) is 30.6 Å². The quantitative estimate of drug-likeness (QED) is 0.802. The number of aliphatic carboxylic acids is 1. The Labute approximate surface area is 118 Å². The minimum Gasteiger partial charge on any atom is -0.497 e. The van der Waals surface area contributed by atoms with E-state index in [2.05, 4.69) is 5.32 Å². The van der Waals surface area contributed by atoms with Crippen molar-refractivity contribution in [2.45, 2.75) is 20.3 Å². The first-order chi connectivity index (χ1) is 9.43. The van der Waals surface area contributed by atoms with Gasteiger partial charge in [-0.15, -0.1) is 0 Å². The fraction of sp³-hybridized carbons (Fsp3) is 0.467. The summed E-state index contributed by atoms with van der Waals surface area (Å²) in [4.78, 5) is 23.0. The number of amides is 1. The van der Waals surface area contributed by atoms with Crippen molar-refractivity contribution in [3.05, 3.63) is 29.8 Å². The van der Waals surface area contributed by atoms with E-state index >= 15 is 0 Å². The Kier molecular flexibility index (Phi) is 6.03. The van der Waals surface area contributed by atoms with Gasteiger partial charge in [0.2, 0.25) is 0 Å². The van der Waals surface area contributed by atoms with Gasteiger partial charge < -0.3 is 15.2 Å². The van der Waals surface area contributed by atoms with Gasteiger partial charge in [0.1, 0.15) is 5.75 Å². The molecule has 2 N–H and O–H groups in total. The van der Waals surface area contributed by atoms with E-state index in [1.165, 1.54) is 0 Å². The maximum absolute atomic E-state index is 11.9. The van der Waals surface area contributed by atoms with Crippen LogP contribution in [0.25, 0.3) is 0 Å². The zero-order valence-electron chi connectivity index (χ0n) is 12.1. The topological polar surface area (TPSA) is 75.6 Å². The van der Waals surface area contributed by atoms with Crippen LogP contribution in [0.2, 0.25) is 0 Å². The highest BCUT2D eigenvalue weighted by molar-refractivity contribution is 5.94. The zero-order chi connectivity index (χ0) is 15.1. The summed E-state index contributed by atoms with van der Waals surface area (Å²) in [6, 6.07) is 6.67. The first kappa shape index (κ1) is 16.0. The van der Waals surface area contributed by atoms with Crippen molar-refractivity contribution in [1.82, 2.24) is 5.32 Å². The predicted octanol–water partition coefficient (Wildman–Crippen LogP) is 2.17. The van der Waals surface area contributed by atoms with Crippen LogP contribution >= 0.6 is 0 Å². The molecule has 0 saturated heterocycles. The zero-order valence-corrected chi connectivity index (χ0v) is 12.1. The fourth-order valence-corrected chi connectivity index (χ4v) is 1.90. The number of carboxylic acids is 1. The van der Waals surface area contributed by atoms with Gasteiger partial charge >= 0.3 is 5.97 Å². The Morgan fingerprint density at radius 2 is 1.85 bits per heavy atom. The highest BCUT2D eigenvalue weighted by atomic mass is 16.5. The second-order valence-electron chi connectivity index (χ2n) is 5.10. The van der Waals surface area contributed by atoms with Crippen LogP contribution in [0.1, 0.15) is 30.6 Å². The first-order valence-electron chi connectivity index (χ1n) is 6.59. The van der Waals surface area contributed by atoms with E-state index in [0.717, 1.165) is 0 Å². The van der Waals surface area contributed by atoms with Crippen molar-refractivity contribution < 1.29 is 19.4 Å². The largest absolute Gasteiger partial charge is 0.497 e. The molecule has 0 aliphatic heterocycles. The van der Waals surface area contributed by atoms with Gasteiger partial charge in [0, 0.05) is 12.1 Å². The van der Waals surface area contributed by atoms with Crippen molar-refractivity contribution in [3.63, 3.8) is 0 Å². The monoisotopic (exact) mass is 279 g/mol. The van der Waals surface area contributed by atoms with E-state index in [1.807, 2.05) is 13.8 Å². The summed E-state index contributed by atoms with van der Waals surface area (Å²) in [6.07, 6.45) is 0.540. The summed E-state index contributed by atoms with van der Waals surface area (Å²) in [7, 11) is 1.55. The van der Waals surface area contributed by atoms with Crippen molar-refractivity contribution in [2.24, 2.45) is 11.8 Å². The first-order valence-corrected chi connectivity index (χ1v) is 6.59. The number of benzene rings is 1. The van der Waals surface area contributed by atoms with Gasteiger partial charge in [-0.2, -0.15) is 0 Å². The Morgan fingerprint density at radius 1 is 1.25 bits per heavy atom. The Morgan fingerprint density at radius 3 is 2.30 bits per heavy atom. The molecule has 1 atom stereocenters. The molecule has 0 spiro atoms. The van der Waals surface area contributed by atoms with Crippen molar-refractivity contribution >= 4 is 11.9 Å². The summed E-state index contributed by atoms with van der Waals surface area (Å²) in [6.45, 7) is 4.06. The van der Waals surface area contributed by atoms with Gasteiger partial charge in [-0.25, -0.2) is 0 Å². The van der Waals surface area contributed by atoms with Crippen LogP contribution in [0.4, 0.5) is 0 Å². The van der Waals surface area contributed by atoms with Gasteiger partial charge in [-0.3, -0.25) is 9.59 Å². The number of carboxylic acid groups (broad SMARTS) is 1. The number of hydrogen-bond donors (Lipinski definition) is 2. The molecule has 0 aromatic heterocycles. The second kappa shape index (κ2) is 7.53. The van der Waals surface area contributed by atoms with E-state index in [1.54, 1.807) is 31.4 Å². The molecule has 0 saturated carbocycles. The third kappa shape index (κ3) is 4.91. The van der Waals surface area contributed by atoms with Crippen molar-refractivity contribution in [3.8, 4) is 5.75 Å². The summed E-state index contributed by atoms with van der Waals surface area (Å²) in [5.74, 6) is -0.771. The van der Waals surface area contributed by atoms with Crippen LogP contribution in [0.15, 0.2) is 24.3 Å². The number of ether oxygens (including phenoxy) is 1. The van der Waals surface area contributed by atoms with E-state index < -0.39 is 11.9 Å². The van der Waals surface area contributed by atoms with Gasteiger partial charge in [-0.05, 0) is 36.6 Å². The molecule has 1 rings (SSSR count). The standard InChI is InChI=1S/C15H21NO4/c1-10(2)8-12(15(18)19)9-16-14(17)11-4-6-13(20-3)7-5-11/h4-7,10,12H,8-9H2,1-3H3,(H,16,17)(H,18,19). The lowest BCUT2D eigenvalue weighted by Gasteiger charge is -2.15. The van der Waals surface area contributed by atoms with E-state index in [-0.39, 0.29) is 18.4 Å². The Bertz CT molecular complexity index is 453. The van der Waals surface area contributed by atoms with Crippen LogP contribution in [0.3, 0.4) is 0 Å². The van der Waals surface area contributed by atoms with Gasteiger partial charge in [-0.1, -0.05) is 13.8 Å². The number of carbonyl (C=O) groups excluding carboxylic acids is 1. The third-order valence-corrected chi connectivity index (χ3v) is 2.97. The molecule has 1 aromatic carbocycles. The van der Waals surface area contributed by atoms with E-state index in [9.17, 15) is 9.59 Å². The lowest BCUT2D eigenvalue weighted by Crippen LogP contribution is -2.33. The van der Waals surface area contributed by atoms with Gasteiger partial charge in [0.15, 0.2) is 0 Å². The van der Waals surface area contributed by atoms with Crippen molar-refractivity contribution in [2.75, 3.05) is 13.7 Å². The molecule has 0 fully saturated rings. The molecular formula is C15H21NO4. The smallest absolute Gasteiger partial charge is 0.308 e. The predicted molar refractivity (Wildman–Crippen MR) is 75.9 cm³/mol. The Balaban J connectivity index is 2.58. The summed E-state index contributed by atoms with van der Waals surface area (Å²) in [5, 5.41) is 11.8. The molecule has 110 valence electrons. The molecule has 0 aliphatic rings. The van der Waals surface area contributed by atoms with E-state index in [0.29, 0.717) is 17.7 Å². The molecule has 5 heteroatoms. The fourth-order valence-electron chi connectivity index (χ4n) is 1.90. The molecule has 0 bridgehead atoms. The SMILES string of the molecule is COc1ccc(C(=O)NCC(CC(C)C)C(=O)O)cc1. The molecular weight excluding hydrogens is 258 g/mol. The Hall–Kier alpha value is -2.04. The summed E-state index contributed by atoms with van der Waals surface area (Å²) >= 11 is 0. The highest BCUT2D eigenvalue weighted by Crippen LogP contribution is 2.13. The lowest BCUT2D eigenvalue weighted by molar-refractivity contribution is -0.142. The molecule has 1 amide bonds. The van der Waals surface area contributed by atoms with E-state index in [4.69, 9.17) is 9.84 Å². The maximum Gasteiger partial charge on any atom is 0.308 e. The number of rotatable bonds is 7. The van der Waals surface area contributed by atoms with Crippen LogP contribution < -0.4 is 10.1 Å². The number of carbonyl (C=O) groups is 2. The number of methoxy groups -OCH3 is 1. The number of nitrogens with one attached hydrogen (secondary N) is 1. The molecule has 0 aliphatic carbocycles. The third-order valence-electron chi connectivity index (χ3n) is 2.97. The molecule has 1 unspecified atom stereocenters. The average Bonchev–Trinajstić information content (AvgIpc) is 2.42. The normalized spacial score (nSPS) is 12.0. The summed E-state index contributed by atoms with van der Waals surface area (Å²) in [5.41, 5.74) is 0.486. The van der Waals surface area contributed by atoms with Gasteiger partial charge in [0.05, 0.1) is 13.0 Å². The number of hydrogen-bond acceptors (Lipinski definition) is 3. The molecule has 1 aromatic rings.